The monoisotopic (exact) mass is 174 g/mol. The number of aryl methyl sites for hydroxylation is 1. The average molecular weight is 174 g/mol. The Balaban J connectivity index is 0.000001000. The molecule has 3 nitrogen and oxygen atoms in total. The second kappa shape index (κ2) is 3.55. The van der Waals surface area contributed by atoms with Gasteiger partial charge in [-0.3, -0.25) is 5.10 Å². The van der Waals surface area contributed by atoms with Crippen molar-refractivity contribution >= 4 is 0 Å². The van der Waals surface area contributed by atoms with Crippen molar-refractivity contribution in [2.24, 2.45) is 0 Å². The molecule has 0 aromatic carbocycles. The number of aromatic amines is 1. The number of aromatic nitrogens is 3. The molecule has 0 atom stereocenters. The van der Waals surface area contributed by atoms with Crippen LogP contribution in [0.25, 0.3) is 0 Å². The molecule has 0 bridgehead atoms. The van der Waals surface area contributed by atoms with Crippen molar-refractivity contribution in [2.75, 3.05) is 0 Å². The standard InChI is InChI=1S/C4H4F3N3.Na/c1-2-8-3(10-9-2)4(5,6)7;/h1H3,(H,8,9,10);/q;+1. The molecule has 0 amide bonds. The van der Waals surface area contributed by atoms with Crippen LogP contribution in [-0.4, -0.2) is 15.2 Å². The van der Waals surface area contributed by atoms with E-state index in [1.807, 2.05) is 0 Å². The summed E-state index contributed by atoms with van der Waals surface area (Å²) in [6.07, 6.45) is -4.44. The first kappa shape index (κ1) is 10.9. The fourth-order valence-electron chi connectivity index (χ4n) is 0.469. The van der Waals surface area contributed by atoms with Gasteiger partial charge < -0.3 is 0 Å². The Hall–Kier alpha value is -0.0700. The van der Waals surface area contributed by atoms with E-state index in [0.717, 1.165) is 0 Å². The van der Waals surface area contributed by atoms with Crippen LogP contribution in [0.2, 0.25) is 0 Å². The van der Waals surface area contributed by atoms with Crippen molar-refractivity contribution in [1.82, 2.24) is 15.2 Å². The zero-order valence-electron chi connectivity index (χ0n) is 6.03. The van der Waals surface area contributed by atoms with E-state index in [0.29, 0.717) is 0 Å². The van der Waals surface area contributed by atoms with Gasteiger partial charge in [0.15, 0.2) is 0 Å². The van der Waals surface area contributed by atoms with Gasteiger partial charge >= 0.3 is 35.7 Å². The molecular weight excluding hydrogens is 170 g/mol. The Bertz CT molecular complexity index is 231. The van der Waals surface area contributed by atoms with Crippen molar-refractivity contribution < 1.29 is 42.7 Å². The van der Waals surface area contributed by atoms with E-state index >= 15 is 0 Å². The van der Waals surface area contributed by atoms with Gasteiger partial charge in [0.2, 0.25) is 0 Å². The number of hydrogen-bond donors (Lipinski definition) is 1. The topological polar surface area (TPSA) is 41.6 Å². The molecule has 0 aliphatic heterocycles. The van der Waals surface area contributed by atoms with Crippen LogP contribution in [0.3, 0.4) is 0 Å². The summed E-state index contributed by atoms with van der Waals surface area (Å²) in [7, 11) is 0. The van der Waals surface area contributed by atoms with Crippen LogP contribution < -0.4 is 29.6 Å². The van der Waals surface area contributed by atoms with Gasteiger partial charge in [-0.05, 0) is 6.92 Å². The molecule has 0 aliphatic rings. The third-order valence-corrected chi connectivity index (χ3v) is 0.851. The van der Waals surface area contributed by atoms with Gasteiger partial charge in [0.05, 0.1) is 0 Å². The van der Waals surface area contributed by atoms with E-state index in [1.54, 1.807) is 0 Å². The zero-order valence-corrected chi connectivity index (χ0v) is 8.03. The smallest absolute Gasteiger partial charge is 0.263 e. The number of nitrogens with one attached hydrogen (secondary N) is 1. The van der Waals surface area contributed by atoms with Gasteiger partial charge in [-0.25, -0.2) is 4.98 Å². The third kappa shape index (κ3) is 2.80. The minimum Gasteiger partial charge on any atom is -0.263 e. The van der Waals surface area contributed by atoms with Crippen LogP contribution in [0.4, 0.5) is 13.2 Å². The quantitative estimate of drug-likeness (QED) is 0.468. The molecular formula is C4H4F3N3Na+. The molecule has 1 N–H and O–H groups in total. The van der Waals surface area contributed by atoms with Crippen LogP contribution in [0.15, 0.2) is 0 Å². The van der Waals surface area contributed by atoms with Crippen LogP contribution in [-0.2, 0) is 6.18 Å². The summed E-state index contributed by atoms with van der Waals surface area (Å²) < 4.78 is 35.0. The summed E-state index contributed by atoms with van der Waals surface area (Å²) in [5, 5.41) is 5.02. The summed E-state index contributed by atoms with van der Waals surface area (Å²) in [4.78, 5) is 3.09. The number of alkyl halides is 3. The Morgan fingerprint density at radius 1 is 1.36 bits per heavy atom. The molecule has 1 heterocycles. The predicted octanol–water partition coefficient (Wildman–Crippen LogP) is -1.86. The second-order valence-corrected chi connectivity index (χ2v) is 1.74. The second-order valence-electron chi connectivity index (χ2n) is 1.74. The Labute approximate surface area is 82.7 Å². The first-order valence-corrected chi connectivity index (χ1v) is 2.46. The fraction of sp³-hybridized carbons (Fsp3) is 0.500. The van der Waals surface area contributed by atoms with Crippen molar-refractivity contribution in [3.8, 4) is 0 Å². The Morgan fingerprint density at radius 2 is 1.91 bits per heavy atom. The number of hydrogen-bond acceptors (Lipinski definition) is 2. The molecule has 1 rings (SSSR count). The van der Waals surface area contributed by atoms with E-state index in [9.17, 15) is 13.2 Å². The summed E-state index contributed by atoms with van der Waals surface area (Å²) in [6, 6.07) is 0. The molecule has 1 aromatic rings. The summed E-state index contributed by atoms with van der Waals surface area (Å²) in [5.74, 6) is -0.961. The van der Waals surface area contributed by atoms with Gasteiger partial charge in [-0.15, -0.1) is 5.10 Å². The maximum Gasteiger partial charge on any atom is 1.00 e. The predicted molar refractivity (Wildman–Crippen MR) is 26.1 cm³/mol. The molecule has 56 valence electrons. The van der Waals surface area contributed by atoms with Crippen LogP contribution in [0.1, 0.15) is 11.6 Å². The molecule has 0 fully saturated rings. The van der Waals surface area contributed by atoms with E-state index in [1.165, 1.54) is 6.92 Å². The van der Waals surface area contributed by atoms with Gasteiger partial charge in [0.25, 0.3) is 5.82 Å². The zero-order chi connectivity index (χ0) is 7.78. The maximum absolute atomic E-state index is 11.7. The van der Waals surface area contributed by atoms with Crippen molar-refractivity contribution in [3.63, 3.8) is 0 Å². The summed E-state index contributed by atoms with van der Waals surface area (Å²) in [6.45, 7) is 1.40. The van der Waals surface area contributed by atoms with E-state index in [2.05, 4.69) is 15.2 Å². The summed E-state index contributed by atoms with van der Waals surface area (Å²) >= 11 is 0. The van der Waals surface area contributed by atoms with Crippen molar-refractivity contribution in [1.29, 1.82) is 0 Å². The summed E-state index contributed by atoms with van der Waals surface area (Å²) in [5.41, 5.74) is 0. The van der Waals surface area contributed by atoms with E-state index in [-0.39, 0.29) is 35.4 Å². The molecule has 0 unspecified atom stereocenters. The van der Waals surface area contributed by atoms with Crippen LogP contribution >= 0.6 is 0 Å². The Morgan fingerprint density at radius 3 is 2.09 bits per heavy atom. The van der Waals surface area contributed by atoms with E-state index in [4.69, 9.17) is 0 Å². The molecule has 0 spiro atoms. The SMILES string of the molecule is Cc1nc(C(F)(F)F)n[nH]1.[Na+]. The van der Waals surface area contributed by atoms with Crippen molar-refractivity contribution in [3.05, 3.63) is 11.6 Å². The molecule has 11 heavy (non-hydrogen) atoms. The minimum atomic E-state index is -4.44. The van der Waals surface area contributed by atoms with E-state index < -0.39 is 12.0 Å². The van der Waals surface area contributed by atoms with Gasteiger partial charge in [0, 0.05) is 0 Å². The molecule has 0 saturated heterocycles. The van der Waals surface area contributed by atoms with Crippen LogP contribution in [0.5, 0.6) is 0 Å². The number of nitrogens with zero attached hydrogens (tertiary/aromatic N) is 2. The normalized spacial score (nSPS) is 10.9. The average Bonchev–Trinajstić information content (AvgIpc) is 2.11. The molecule has 1 aromatic heterocycles. The fourth-order valence-corrected chi connectivity index (χ4v) is 0.469. The number of rotatable bonds is 0. The largest absolute Gasteiger partial charge is 1.00 e. The third-order valence-electron chi connectivity index (χ3n) is 0.851. The number of H-pyrrole nitrogens is 1. The molecule has 0 radical (unpaired) electrons. The van der Waals surface area contributed by atoms with Gasteiger partial charge in [0.1, 0.15) is 5.82 Å². The van der Waals surface area contributed by atoms with Gasteiger partial charge in [-0.1, -0.05) is 0 Å². The maximum atomic E-state index is 11.7. The van der Waals surface area contributed by atoms with Crippen molar-refractivity contribution in [2.45, 2.75) is 13.1 Å². The minimum absolute atomic E-state index is 0. The van der Waals surface area contributed by atoms with Crippen LogP contribution in [0, 0.1) is 6.92 Å². The molecule has 0 saturated carbocycles. The Kier molecular flexibility index (Phi) is 3.53. The number of halogens is 3. The van der Waals surface area contributed by atoms with Gasteiger partial charge in [-0.2, -0.15) is 13.2 Å². The first-order chi connectivity index (χ1) is 4.50. The molecule has 0 aliphatic carbocycles. The first-order valence-electron chi connectivity index (χ1n) is 2.46. The molecule has 7 heteroatoms.